The Labute approximate surface area is 131 Å². The number of ether oxygens (including phenoxy) is 1. The summed E-state index contributed by atoms with van der Waals surface area (Å²) >= 11 is 0. The number of carbonyl (C=O) groups is 2. The van der Waals surface area contributed by atoms with Crippen molar-refractivity contribution in [3.63, 3.8) is 0 Å². The summed E-state index contributed by atoms with van der Waals surface area (Å²) in [5.74, 6) is -0.736. The number of nitrogens with zero attached hydrogens (tertiary/aromatic N) is 1. The van der Waals surface area contributed by atoms with Crippen LogP contribution in [0.4, 0.5) is 4.79 Å². The molecule has 6 nitrogen and oxygen atoms in total. The second kappa shape index (κ2) is 8.26. The third kappa shape index (κ3) is 6.03. The molecule has 0 heterocycles. The number of nitrogens with one attached hydrogen (secondary N) is 1. The lowest BCUT2D eigenvalue weighted by Crippen LogP contribution is -2.42. The van der Waals surface area contributed by atoms with E-state index in [0.717, 1.165) is 16.9 Å². The summed E-state index contributed by atoms with van der Waals surface area (Å²) in [6.07, 6.45) is 0. The van der Waals surface area contributed by atoms with Crippen LogP contribution in [-0.2, 0) is 4.79 Å². The molecule has 1 unspecified atom stereocenters. The molecular weight excluding hydrogens is 284 g/mol. The van der Waals surface area contributed by atoms with Crippen molar-refractivity contribution in [1.29, 1.82) is 0 Å². The highest BCUT2D eigenvalue weighted by molar-refractivity contribution is 5.75. The quantitative estimate of drug-likeness (QED) is 0.756. The maximum absolute atomic E-state index is 11.8. The van der Waals surface area contributed by atoms with Gasteiger partial charge in [-0.25, -0.2) is 4.79 Å². The number of aliphatic carboxylic acids is 1. The lowest BCUT2D eigenvalue weighted by molar-refractivity contribution is -0.141. The van der Waals surface area contributed by atoms with Gasteiger partial charge in [0.1, 0.15) is 12.4 Å². The first-order valence-electron chi connectivity index (χ1n) is 7.22. The molecule has 0 aromatic heterocycles. The molecule has 0 aliphatic rings. The van der Waals surface area contributed by atoms with E-state index in [-0.39, 0.29) is 12.6 Å². The number of amides is 2. The van der Waals surface area contributed by atoms with E-state index in [9.17, 15) is 9.59 Å². The van der Waals surface area contributed by atoms with Gasteiger partial charge in [0.05, 0.1) is 12.5 Å². The molecule has 1 rings (SSSR count). The molecule has 0 aliphatic carbocycles. The van der Waals surface area contributed by atoms with Gasteiger partial charge in [-0.05, 0) is 37.1 Å². The van der Waals surface area contributed by atoms with Crippen molar-refractivity contribution in [2.45, 2.75) is 20.8 Å². The highest BCUT2D eigenvalue weighted by atomic mass is 16.5. The zero-order valence-corrected chi connectivity index (χ0v) is 13.5. The molecule has 1 atom stereocenters. The predicted molar refractivity (Wildman–Crippen MR) is 84.2 cm³/mol. The molecule has 0 spiro atoms. The van der Waals surface area contributed by atoms with Crippen molar-refractivity contribution in [3.05, 3.63) is 29.3 Å². The first-order chi connectivity index (χ1) is 10.3. The van der Waals surface area contributed by atoms with Crippen molar-refractivity contribution >= 4 is 12.0 Å². The summed E-state index contributed by atoms with van der Waals surface area (Å²) in [6, 6.07) is 5.63. The minimum atomic E-state index is -0.919. The van der Waals surface area contributed by atoms with Gasteiger partial charge in [0.15, 0.2) is 0 Å². The summed E-state index contributed by atoms with van der Waals surface area (Å²) in [4.78, 5) is 23.9. The number of carboxylic acids is 1. The molecule has 22 heavy (non-hydrogen) atoms. The molecular formula is C16H24N2O4. The molecule has 0 aliphatic heterocycles. The van der Waals surface area contributed by atoms with Crippen LogP contribution in [0.15, 0.2) is 18.2 Å². The zero-order chi connectivity index (χ0) is 16.7. The predicted octanol–water partition coefficient (Wildman–Crippen LogP) is 2.04. The van der Waals surface area contributed by atoms with E-state index in [4.69, 9.17) is 9.84 Å². The van der Waals surface area contributed by atoms with Crippen molar-refractivity contribution in [2.75, 3.05) is 26.7 Å². The fourth-order valence-corrected chi connectivity index (χ4v) is 2.05. The van der Waals surface area contributed by atoms with Gasteiger partial charge in [0, 0.05) is 13.6 Å². The molecule has 0 saturated carbocycles. The Kier molecular flexibility index (Phi) is 6.69. The number of hydrogen-bond acceptors (Lipinski definition) is 3. The van der Waals surface area contributed by atoms with Crippen LogP contribution in [0.5, 0.6) is 5.75 Å². The van der Waals surface area contributed by atoms with Crippen LogP contribution in [0.25, 0.3) is 0 Å². The number of urea groups is 1. The summed E-state index contributed by atoms with van der Waals surface area (Å²) in [5, 5.41) is 11.5. The van der Waals surface area contributed by atoms with Gasteiger partial charge in [-0.15, -0.1) is 0 Å². The van der Waals surface area contributed by atoms with Crippen molar-refractivity contribution < 1.29 is 19.4 Å². The monoisotopic (exact) mass is 308 g/mol. The van der Waals surface area contributed by atoms with E-state index in [1.807, 2.05) is 26.0 Å². The lowest BCUT2D eigenvalue weighted by atomic mass is 10.1. The number of carbonyl (C=O) groups excluding carboxylic acids is 1. The topological polar surface area (TPSA) is 78.9 Å². The first kappa shape index (κ1) is 17.8. The van der Waals surface area contributed by atoms with E-state index in [1.54, 1.807) is 14.0 Å². The summed E-state index contributed by atoms with van der Waals surface area (Å²) in [5.41, 5.74) is 2.25. The summed E-state index contributed by atoms with van der Waals surface area (Å²) in [7, 11) is 1.57. The standard InChI is InChI=1S/C16H24N2O4/c1-11-7-12(2)9-14(8-11)22-6-5-17-16(21)18(4)10-13(3)15(19)20/h7-9,13H,5-6,10H2,1-4H3,(H,17,21)(H,19,20). The Morgan fingerprint density at radius 2 is 1.86 bits per heavy atom. The van der Waals surface area contributed by atoms with Crippen LogP contribution in [0, 0.1) is 19.8 Å². The molecule has 6 heteroatoms. The second-order valence-electron chi connectivity index (χ2n) is 5.52. The Balaban J connectivity index is 2.31. The molecule has 122 valence electrons. The number of carboxylic acid groups (broad SMARTS) is 1. The van der Waals surface area contributed by atoms with E-state index in [1.165, 1.54) is 4.90 Å². The van der Waals surface area contributed by atoms with Gasteiger partial charge < -0.3 is 20.1 Å². The lowest BCUT2D eigenvalue weighted by Gasteiger charge is -2.20. The highest BCUT2D eigenvalue weighted by Crippen LogP contribution is 2.15. The average molecular weight is 308 g/mol. The zero-order valence-electron chi connectivity index (χ0n) is 13.5. The van der Waals surface area contributed by atoms with Gasteiger partial charge in [-0.1, -0.05) is 13.0 Å². The van der Waals surface area contributed by atoms with Crippen molar-refractivity contribution in [3.8, 4) is 5.75 Å². The maximum atomic E-state index is 11.8. The first-order valence-corrected chi connectivity index (χ1v) is 7.22. The Bertz CT molecular complexity index is 511. The highest BCUT2D eigenvalue weighted by Gasteiger charge is 2.16. The van der Waals surface area contributed by atoms with Gasteiger partial charge in [-0.2, -0.15) is 0 Å². The largest absolute Gasteiger partial charge is 0.492 e. The summed E-state index contributed by atoms with van der Waals surface area (Å²) in [6.45, 7) is 6.45. The van der Waals surface area contributed by atoms with E-state index in [0.29, 0.717) is 13.2 Å². The van der Waals surface area contributed by atoms with Crippen LogP contribution in [0.2, 0.25) is 0 Å². The molecule has 2 N–H and O–H groups in total. The molecule has 1 aromatic rings. The van der Waals surface area contributed by atoms with Crippen LogP contribution < -0.4 is 10.1 Å². The smallest absolute Gasteiger partial charge is 0.317 e. The van der Waals surface area contributed by atoms with Crippen LogP contribution in [0.3, 0.4) is 0 Å². The maximum Gasteiger partial charge on any atom is 0.317 e. The Morgan fingerprint density at radius 3 is 2.41 bits per heavy atom. The van der Waals surface area contributed by atoms with E-state index >= 15 is 0 Å². The minimum Gasteiger partial charge on any atom is -0.492 e. The van der Waals surface area contributed by atoms with Gasteiger partial charge >= 0.3 is 12.0 Å². The number of aryl methyl sites for hydroxylation is 2. The number of hydrogen-bond donors (Lipinski definition) is 2. The number of benzene rings is 1. The van der Waals surface area contributed by atoms with Gasteiger partial charge in [0.2, 0.25) is 0 Å². The third-order valence-electron chi connectivity index (χ3n) is 3.16. The molecule has 0 fully saturated rings. The Hall–Kier alpha value is -2.24. The fourth-order valence-electron chi connectivity index (χ4n) is 2.05. The van der Waals surface area contributed by atoms with E-state index in [2.05, 4.69) is 11.4 Å². The normalized spacial score (nSPS) is 11.6. The average Bonchev–Trinajstić information content (AvgIpc) is 2.42. The molecule has 1 aromatic carbocycles. The fraction of sp³-hybridized carbons (Fsp3) is 0.500. The molecule has 0 bridgehead atoms. The van der Waals surface area contributed by atoms with Crippen molar-refractivity contribution in [2.24, 2.45) is 5.92 Å². The molecule has 0 saturated heterocycles. The third-order valence-corrected chi connectivity index (χ3v) is 3.16. The van der Waals surface area contributed by atoms with Crippen LogP contribution in [0.1, 0.15) is 18.1 Å². The molecule has 0 radical (unpaired) electrons. The van der Waals surface area contributed by atoms with E-state index < -0.39 is 11.9 Å². The summed E-state index contributed by atoms with van der Waals surface area (Å²) < 4.78 is 5.59. The SMILES string of the molecule is Cc1cc(C)cc(OCCNC(=O)N(C)CC(C)C(=O)O)c1. The van der Waals surface area contributed by atoms with Crippen molar-refractivity contribution in [1.82, 2.24) is 10.2 Å². The second-order valence-corrected chi connectivity index (χ2v) is 5.52. The number of rotatable bonds is 7. The Morgan fingerprint density at radius 1 is 1.27 bits per heavy atom. The minimum absolute atomic E-state index is 0.166. The van der Waals surface area contributed by atoms with Gasteiger partial charge in [0.25, 0.3) is 0 Å². The van der Waals surface area contributed by atoms with Crippen LogP contribution >= 0.6 is 0 Å². The molecule has 2 amide bonds. The van der Waals surface area contributed by atoms with Gasteiger partial charge in [-0.3, -0.25) is 4.79 Å². The van der Waals surface area contributed by atoms with Crippen LogP contribution in [-0.4, -0.2) is 48.8 Å².